The first-order valence-electron chi connectivity index (χ1n) is 8.22. The third-order valence-electron chi connectivity index (χ3n) is 5.28. The van der Waals surface area contributed by atoms with Crippen molar-refractivity contribution in [2.24, 2.45) is 5.92 Å². The fourth-order valence-corrected chi connectivity index (χ4v) is 3.49. The second-order valence-corrected chi connectivity index (χ2v) is 7.05. The zero-order valence-electron chi connectivity index (χ0n) is 13.5. The van der Waals surface area contributed by atoms with E-state index in [0.717, 1.165) is 12.1 Å². The Hall–Kier alpha value is -0.610. The predicted octanol–water partition coefficient (Wildman–Crippen LogP) is 1.75. The summed E-state index contributed by atoms with van der Waals surface area (Å²) in [6.07, 6.45) is 6.41. The van der Waals surface area contributed by atoms with Gasteiger partial charge in [-0.15, -0.1) is 0 Å². The molecule has 0 aliphatic carbocycles. The number of amides is 1. The van der Waals surface area contributed by atoms with Crippen LogP contribution in [0.5, 0.6) is 0 Å². The van der Waals surface area contributed by atoms with E-state index in [0.29, 0.717) is 18.5 Å². The molecule has 0 radical (unpaired) electrons. The van der Waals surface area contributed by atoms with Gasteiger partial charge in [-0.1, -0.05) is 20.3 Å². The summed E-state index contributed by atoms with van der Waals surface area (Å²) in [7, 11) is 2.27. The topological polar surface area (TPSA) is 44.4 Å². The molecule has 2 N–H and O–H groups in total. The summed E-state index contributed by atoms with van der Waals surface area (Å²) in [5.74, 6) is 0.622. The summed E-state index contributed by atoms with van der Waals surface area (Å²) in [5, 5.41) is 6.54. The quantitative estimate of drug-likeness (QED) is 0.807. The molecule has 2 bridgehead atoms. The number of nitrogens with zero attached hydrogens (tertiary/aromatic N) is 1. The second-order valence-electron chi connectivity index (χ2n) is 7.05. The minimum Gasteiger partial charge on any atom is -0.352 e. The molecule has 2 fully saturated rings. The van der Waals surface area contributed by atoms with E-state index in [1.807, 2.05) is 0 Å². The van der Waals surface area contributed by atoms with Gasteiger partial charge in [-0.3, -0.25) is 4.79 Å². The van der Waals surface area contributed by atoms with Gasteiger partial charge in [0.05, 0.1) is 6.54 Å². The van der Waals surface area contributed by atoms with Gasteiger partial charge in [-0.25, -0.2) is 0 Å². The van der Waals surface area contributed by atoms with E-state index >= 15 is 0 Å². The number of carbonyl (C=O) groups excluding carboxylic acids is 1. The van der Waals surface area contributed by atoms with Crippen molar-refractivity contribution in [3.63, 3.8) is 0 Å². The maximum Gasteiger partial charge on any atom is 0.234 e. The minimum atomic E-state index is 0.135. The third kappa shape index (κ3) is 3.95. The molecular weight excluding hydrogens is 250 g/mol. The molecule has 20 heavy (non-hydrogen) atoms. The number of nitrogens with one attached hydrogen (secondary N) is 2. The van der Waals surface area contributed by atoms with Crippen LogP contribution in [0, 0.1) is 5.92 Å². The first-order chi connectivity index (χ1) is 9.47. The second kappa shape index (κ2) is 6.90. The van der Waals surface area contributed by atoms with Crippen molar-refractivity contribution >= 4 is 5.91 Å². The number of fused-ring (bicyclic) bond motifs is 2. The molecule has 0 aromatic heterocycles. The lowest BCUT2D eigenvalue weighted by Crippen LogP contribution is -2.55. The first-order valence-corrected chi connectivity index (χ1v) is 8.22. The van der Waals surface area contributed by atoms with Crippen molar-refractivity contribution < 1.29 is 4.79 Å². The fraction of sp³-hybridized carbons (Fsp3) is 0.938. The van der Waals surface area contributed by atoms with Gasteiger partial charge in [0.25, 0.3) is 0 Å². The maximum absolute atomic E-state index is 11.9. The monoisotopic (exact) mass is 281 g/mol. The lowest BCUT2D eigenvalue weighted by Gasteiger charge is -2.47. The van der Waals surface area contributed by atoms with Crippen LogP contribution in [-0.4, -0.2) is 48.6 Å². The van der Waals surface area contributed by atoms with Gasteiger partial charge < -0.3 is 15.5 Å². The van der Waals surface area contributed by atoms with E-state index in [4.69, 9.17) is 0 Å². The van der Waals surface area contributed by atoms with Crippen LogP contribution in [0.1, 0.15) is 52.9 Å². The summed E-state index contributed by atoms with van der Waals surface area (Å²) in [4.78, 5) is 14.5. The molecular formula is C16H31N3O. The van der Waals surface area contributed by atoms with Crippen molar-refractivity contribution in [1.82, 2.24) is 15.5 Å². The molecule has 3 unspecified atom stereocenters. The Morgan fingerprint density at radius 3 is 2.35 bits per heavy atom. The standard InChI is InChI=1S/C16H31N3O/c1-11(2)12(3)18-16(20)10-17-13-8-14-6-5-7-15(9-13)19(14)4/h11-15,17H,5-10H2,1-4H3,(H,18,20). The molecule has 4 nitrogen and oxygen atoms in total. The van der Waals surface area contributed by atoms with Crippen LogP contribution in [0.3, 0.4) is 0 Å². The van der Waals surface area contributed by atoms with E-state index in [-0.39, 0.29) is 11.9 Å². The highest BCUT2D eigenvalue weighted by atomic mass is 16.1. The Kier molecular flexibility index (Phi) is 5.44. The van der Waals surface area contributed by atoms with Crippen LogP contribution < -0.4 is 10.6 Å². The van der Waals surface area contributed by atoms with Crippen LogP contribution in [0.15, 0.2) is 0 Å². The average Bonchev–Trinajstić information content (AvgIpc) is 2.36. The van der Waals surface area contributed by atoms with Gasteiger partial charge in [0.15, 0.2) is 0 Å². The molecule has 0 saturated carbocycles. The van der Waals surface area contributed by atoms with E-state index in [2.05, 4.69) is 43.4 Å². The number of hydrogen-bond donors (Lipinski definition) is 2. The van der Waals surface area contributed by atoms with E-state index in [9.17, 15) is 4.79 Å². The number of piperidine rings is 2. The molecule has 0 spiro atoms. The Morgan fingerprint density at radius 1 is 1.20 bits per heavy atom. The molecule has 2 aliphatic rings. The van der Waals surface area contributed by atoms with Crippen LogP contribution in [-0.2, 0) is 4.79 Å². The van der Waals surface area contributed by atoms with Gasteiger partial charge in [-0.05, 0) is 45.6 Å². The molecule has 116 valence electrons. The predicted molar refractivity (Wildman–Crippen MR) is 82.7 cm³/mol. The van der Waals surface area contributed by atoms with Crippen molar-refractivity contribution in [3.8, 4) is 0 Å². The molecule has 0 aromatic rings. The molecule has 2 heterocycles. The zero-order valence-corrected chi connectivity index (χ0v) is 13.5. The minimum absolute atomic E-state index is 0.135. The molecule has 0 aromatic carbocycles. The lowest BCUT2D eigenvalue weighted by molar-refractivity contribution is -0.121. The van der Waals surface area contributed by atoms with E-state index < -0.39 is 0 Å². The SMILES string of the molecule is CC(C)C(C)NC(=O)CNC1CC2CCCC(C1)N2C. The molecule has 2 saturated heterocycles. The Labute approximate surface area is 123 Å². The molecule has 3 atom stereocenters. The van der Waals surface area contributed by atoms with Gasteiger partial charge in [0, 0.05) is 24.2 Å². The van der Waals surface area contributed by atoms with Crippen molar-refractivity contribution in [1.29, 1.82) is 0 Å². The highest BCUT2D eigenvalue weighted by Gasteiger charge is 2.35. The lowest BCUT2D eigenvalue weighted by atomic mass is 9.82. The summed E-state index contributed by atoms with van der Waals surface area (Å²) >= 11 is 0. The maximum atomic E-state index is 11.9. The molecule has 4 heteroatoms. The fourth-order valence-electron chi connectivity index (χ4n) is 3.49. The first kappa shape index (κ1) is 15.8. The van der Waals surface area contributed by atoms with Crippen LogP contribution in [0.25, 0.3) is 0 Å². The molecule has 2 rings (SSSR count). The normalized spacial score (nSPS) is 32.1. The zero-order chi connectivity index (χ0) is 14.7. The Morgan fingerprint density at radius 2 is 1.80 bits per heavy atom. The Balaban J connectivity index is 1.73. The number of rotatable bonds is 5. The van der Waals surface area contributed by atoms with Crippen LogP contribution in [0.4, 0.5) is 0 Å². The van der Waals surface area contributed by atoms with Crippen molar-refractivity contribution in [2.75, 3.05) is 13.6 Å². The summed E-state index contributed by atoms with van der Waals surface area (Å²) < 4.78 is 0. The van der Waals surface area contributed by atoms with Crippen molar-refractivity contribution in [3.05, 3.63) is 0 Å². The largest absolute Gasteiger partial charge is 0.352 e. The summed E-state index contributed by atoms with van der Waals surface area (Å²) in [6.45, 7) is 6.81. The van der Waals surface area contributed by atoms with Crippen molar-refractivity contribution in [2.45, 2.75) is 77.0 Å². The van der Waals surface area contributed by atoms with Gasteiger partial charge in [-0.2, -0.15) is 0 Å². The Bertz CT molecular complexity index is 318. The third-order valence-corrected chi connectivity index (χ3v) is 5.28. The van der Waals surface area contributed by atoms with Crippen LogP contribution in [0.2, 0.25) is 0 Å². The summed E-state index contributed by atoms with van der Waals surface area (Å²) in [5.41, 5.74) is 0. The van der Waals surface area contributed by atoms with Crippen LogP contribution >= 0.6 is 0 Å². The summed E-state index contributed by atoms with van der Waals surface area (Å²) in [6, 6.07) is 2.21. The van der Waals surface area contributed by atoms with E-state index in [1.165, 1.54) is 32.1 Å². The number of hydrogen-bond acceptors (Lipinski definition) is 3. The highest BCUT2D eigenvalue weighted by molar-refractivity contribution is 5.78. The molecule has 2 aliphatic heterocycles. The molecule has 1 amide bonds. The number of carbonyl (C=O) groups is 1. The van der Waals surface area contributed by atoms with Gasteiger partial charge in [0.2, 0.25) is 5.91 Å². The smallest absolute Gasteiger partial charge is 0.234 e. The average molecular weight is 281 g/mol. The highest BCUT2D eigenvalue weighted by Crippen LogP contribution is 2.32. The van der Waals surface area contributed by atoms with Gasteiger partial charge >= 0.3 is 0 Å². The van der Waals surface area contributed by atoms with E-state index in [1.54, 1.807) is 0 Å². The van der Waals surface area contributed by atoms with Gasteiger partial charge in [0.1, 0.15) is 0 Å².